The normalized spacial score (nSPS) is 17.5. The number of methoxy groups -OCH3 is 1. The third-order valence-electron chi connectivity index (χ3n) is 3.81. The lowest BCUT2D eigenvalue weighted by Crippen LogP contribution is -2.41. The van der Waals surface area contributed by atoms with E-state index in [1.165, 1.54) is 7.11 Å². The maximum Gasteiger partial charge on any atom is 0.341 e. The molecule has 1 saturated heterocycles. The van der Waals surface area contributed by atoms with Gasteiger partial charge in [-0.2, -0.15) is 0 Å². The SMILES string of the molecule is COC(=O)c1ccccc1OCC1(CN)CCOCC1. The number of para-hydroxylation sites is 1. The van der Waals surface area contributed by atoms with Gasteiger partial charge in [-0.05, 0) is 25.0 Å². The van der Waals surface area contributed by atoms with E-state index in [-0.39, 0.29) is 5.41 Å². The average molecular weight is 279 g/mol. The zero-order valence-electron chi connectivity index (χ0n) is 11.8. The quantitative estimate of drug-likeness (QED) is 0.829. The minimum atomic E-state index is -0.394. The van der Waals surface area contributed by atoms with Gasteiger partial charge in [0, 0.05) is 25.2 Å². The number of hydrogen-bond acceptors (Lipinski definition) is 5. The molecule has 5 heteroatoms. The minimum Gasteiger partial charge on any atom is -0.492 e. The third kappa shape index (κ3) is 3.29. The van der Waals surface area contributed by atoms with Crippen molar-refractivity contribution < 1.29 is 19.0 Å². The van der Waals surface area contributed by atoms with Crippen molar-refractivity contribution in [3.05, 3.63) is 29.8 Å². The topological polar surface area (TPSA) is 70.8 Å². The van der Waals surface area contributed by atoms with Crippen molar-refractivity contribution in [3.63, 3.8) is 0 Å². The van der Waals surface area contributed by atoms with Gasteiger partial charge in [0.15, 0.2) is 0 Å². The van der Waals surface area contributed by atoms with Crippen LogP contribution in [0.25, 0.3) is 0 Å². The molecule has 0 spiro atoms. The Hall–Kier alpha value is -1.59. The van der Waals surface area contributed by atoms with Crippen LogP contribution in [0.2, 0.25) is 0 Å². The Labute approximate surface area is 119 Å². The van der Waals surface area contributed by atoms with E-state index < -0.39 is 5.97 Å². The van der Waals surface area contributed by atoms with Gasteiger partial charge in [-0.15, -0.1) is 0 Å². The smallest absolute Gasteiger partial charge is 0.341 e. The van der Waals surface area contributed by atoms with Gasteiger partial charge < -0.3 is 19.9 Å². The van der Waals surface area contributed by atoms with Gasteiger partial charge in [-0.25, -0.2) is 4.79 Å². The van der Waals surface area contributed by atoms with Crippen LogP contribution in [0.1, 0.15) is 23.2 Å². The molecule has 2 N–H and O–H groups in total. The van der Waals surface area contributed by atoms with Gasteiger partial charge in [0.1, 0.15) is 11.3 Å². The van der Waals surface area contributed by atoms with Crippen LogP contribution in [0, 0.1) is 5.41 Å². The third-order valence-corrected chi connectivity index (χ3v) is 3.81. The van der Waals surface area contributed by atoms with Crippen molar-refractivity contribution >= 4 is 5.97 Å². The summed E-state index contributed by atoms with van der Waals surface area (Å²) >= 11 is 0. The first-order chi connectivity index (χ1) is 9.71. The maximum absolute atomic E-state index is 11.7. The molecule has 2 rings (SSSR count). The fourth-order valence-corrected chi connectivity index (χ4v) is 2.31. The molecule has 0 aliphatic carbocycles. The fraction of sp³-hybridized carbons (Fsp3) is 0.533. The minimum absolute atomic E-state index is 0.0680. The molecular formula is C15H21NO4. The Morgan fingerprint density at radius 3 is 2.70 bits per heavy atom. The number of carbonyl (C=O) groups excluding carboxylic acids is 1. The largest absolute Gasteiger partial charge is 0.492 e. The van der Waals surface area contributed by atoms with Crippen LogP contribution in [0.4, 0.5) is 0 Å². The second-order valence-corrected chi connectivity index (χ2v) is 5.09. The molecule has 0 atom stereocenters. The summed E-state index contributed by atoms with van der Waals surface area (Å²) in [6.07, 6.45) is 1.76. The van der Waals surface area contributed by atoms with E-state index in [0.717, 1.165) is 12.8 Å². The summed E-state index contributed by atoms with van der Waals surface area (Å²) in [5.41, 5.74) is 6.27. The van der Waals surface area contributed by atoms with Crippen LogP contribution in [-0.2, 0) is 9.47 Å². The summed E-state index contributed by atoms with van der Waals surface area (Å²) in [5.74, 6) is 0.146. The average Bonchev–Trinajstić information content (AvgIpc) is 2.53. The first kappa shape index (κ1) is 14.8. The molecular weight excluding hydrogens is 258 g/mol. The Morgan fingerprint density at radius 2 is 2.05 bits per heavy atom. The summed E-state index contributed by atoms with van der Waals surface area (Å²) < 4.78 is 16.0. The van der Waals surface area contributed by atoms with Gasteiger partial charge in [0.25, 0.3) is 0 Å². The number of ether oxygens (including phenoxy) is 3. The van der Waals surface area contributed by atoms with Crippen LogP contribution in [-0.4, -0.2) is 39.4 Å². The van der Waals surface area contributed by atoms with Crippen molar-refractivity contribution in [1.82, 2.24) is 0 Å². The van der Waals surface area contributed by atoms with Crippen molar-refractivity contribution in [2.24, 2.45) is 11.1 Å². The Kier molecular flexibility index (Phi) is 4.98. The van der Waals surface area contributed by atoms with Crippen molar-refractivity contribution in [1.29, 1.82) is 0 Å². The van der Waals surface area contributed by atoms with Crippen molar-refractivity contribution in [2.75, 3.05) is 33.5 Å². The fourth-order valence-electron chi connectivity index (χ4n) is 2.31. The number of benzene rings is 1. The van der Waals surface area contributed by atoms with E-state index in [2.05, 4.69) is 0 Å². The number of carbonyl (C=O) groups is 1. The van der Waals surface area contributed by atoms with Crippen LogP contribution in [0.5, 0.6) is 5.75 Å². The molecule has 0 aromatic heterocycles. The van der Waals surface area contributed by atoms with Crippen molar-refractivity contribution in [3.8, 4) is 5.75 Å². The number of hydrogen-bond donors (Lipinski definition) is 1. The lowest BCUT2D eigenvalue weighted by Gasteiger charge is -2.35. The first-order valence-electron chi connectivity index (χ1n) is 6.79. The Morgan fingerprint density at radius 1 is 1.35 bits per heavy atom. The predicted octanol–water partition coefficient (Wildman–Crippen LogP) is 1.61. The molecule has 1 aromatic rings. The molecule has 0 radical (unpaired) electrons. The van der Waals surface area contributed by atoms with Gasteiger partial charge in [0.2, 0.25) is 0 Å². The molecule has 0 bridgehead atoms. The highest BCUT2D eigenvalue weighted by molar-refractivity contribution is 5.92. The van der Waals surface area contributed by atoms with Crippen LogP contribution in [0.3, 0.4) is 0 Å². The highest BCUT2D eigenvalue weighted by atomic mass is 16.5. The number of nitrogens with two attached hydrogens (primary N) is 1. The summed E-state index contributed by atoms with van der Waals surface area (Å²) in [6.45, 7) is 2.45. The molecule has 0 amide bonds. The second kappa shape index (κ2) is 6.72. The van der Waals surface area contributed by atoms with E-state index in [9.17, 15) is 4.79 Å². The second-order valence-electron chi connectivity index (χ2n) is 5.09. The lowest BCUT2D eigenvalue weighted by atomic mass is 9.81. The van der Waals surface area contributed by atoms with Gasteiger partial charge in [-0.1, -0.05) is 12.1 Å². The number of esters is 1. The molecule has 0 unspecified atom stereocenters. The van der Waals surface area contributed by atoms with E-state index in [1.54, 1.807) is 18.2 Å². The highest BCUT2D eigenvalue weighted by Crippen LogP contribution is 2.31. The molecule has 1 aliphatic rings. The van der Waals surface area contributed by atoms with Crippen molar-refractivity contribution in [2.45, 2.75) is 12.8 Å². The zero-order chi connectivity index (χ0) is 14.4. The predicted molar refractivity (Wildman–Crippen MR) is 74.8 cm³/mol. The molecule has 0 saturated carbocycles. The first-order valence-corrected chi connectivity index (χ1v) is 6.79. The molecule has 1 aliphatic heterocycles. The Bertz CT molecular complexity index is 455. The Balaban J connectivity index is 2.08. The van der Waals surface area contributed by atoms with E-state index in [1.807, 2.05) is 6.07 Å². The molecule has 1 aromatic carbocycles. The molecule has 5 nitrogen and oxygen atoms in total. The summed E-state index contributed by atoms with van der Waals surface area (Å²) in [6, 6.07) is 7.09. The van der Waals surface area contributed by atoms with Gasteiger partial charge in [-0.3, -0.25) is 0 Å². The summed E-state index contributed by atoms with van der Waals surface area (Å²) in [5, 5.41) is 0. The summed E-state index contributed by atoms with van der Waals surface area (Å²) in [4.78, 5) is 11.7. The highest BCUT2D eigenvalue weighted by Gasteiger charge is 2.32. The molecule has 110 valence electrons. The van der Waals surface area contributed by atoms with Gasteiger partial charge in [0.05, 0.1) is 13.7 Å². The standard InChI is InChI=1S/C15H21NO4/c1-18-14(17)12-4-2-3-5-13(12)20-11-15(10-16)6-8-19-9-7-15/h2-5H,6-11,16H2,1H3. The van der Waals surface area contributed by atoms with E-state index in [4.69, 9.17) is 19.9 Å². The van der Waals surface area contributed by atoms with Crippen LogP contribution in [0.15, 0.2) is 24.3 Å². The van der Waals surface area contributed by atoms with E-state index in [0.29, 0.717) is 37.7 Å². The molecule has 1 heterocycles. The van der Waals surface area contributed by atoms with Crippen LogP contribution < -0.4 is 10.5 Å². The lowest BCUT2D eigenvalue weighted by molar-refractivity contribution is -0.00529. The molecule has 1 fully saturated rings. The maximum atomic E-state index is 11.7. The van der Waals surface area contributed by atoms with E-state index >= 15 is 0 Å². The molecule has 20 heavy (non-hydrogen) atoms. The number of rotatable bonds is 5. The van der Waals surface area contributed by atoms with Gasteiger partial charge >= 0.3 is 5.97 Å². The summed E-state index contributed by atoms with van der Waals surface area (Å²) in [7, 11) is 1.36. The zero-order valence-corrected chi connectivity index (χ0v) is 11.8. The van der Waals surface area contributed by atoms with Crippen LogP contribution >= 0.6 is 0 Å². The monoisotopic (exact) mass is 279 g/mol.